The summed E-state index contributed by atoms with van der Waals surface area (Å²) < 4.78 is 26.8. The van der Waals surface area contributed by atoms with Crippen LogP contribution in [-0.2, 0) is 10.0 Å². The van der Waals surface area contributed by atoms with E-state index in [1.54, 1.807) is 6.07 Å². The fourth-order valence-electron chi connectivity index (χ4n) is 2.43. The van der Waals surface area contributed by atoms with Crippen molar-refractivity contribution in [2.24, 2.45) is 0 Å². The van der Waals surface area contributed by atoms with Crippen molar-refractivity contribution in [2.45, 2.75) is 11.8 Å². The molecule has 3 aromatic rings. The summed E-state index contributed by atoms with van der Waals surface area (Å²) in [5, 5.41) is 1.44. The van der Waals surface area contributed by atoms with Crippen molar-refractivity contribution in [3.63, 3.8) is 0 Å². The van der Waals surface area contributed by atoms with Crippen molar-refractivity contribution in [3.05, 3.63) is 58.2 Å². The normalized spacial score (nSPS) is 11.8. The lowest BCUT2D eigenvalue weighted by Gasteiger charge is -2.20. The van der Waals surface area contributed by atoms with Gasteiger partial charge in [0.1, 0.15) is 4.90 Å². The molecule has 3 rings (SSSR count). The van der Waals surface area contributed by atoms with Crippen LogP contribution in [-0.4, -0.2) is 20.4 Å². The number of hydrogen-bond acceptors (Lipinski definition) is 2. The van der Waals surface area contributed by atoms with Crippen LogP contribution in [0.15, 0.2) is 47.4 Å². The molecule has 0 fully saturated rings. The van der Waals surface area contributed by atoms with Gasteiger partial charge >= 0.3 is 0 Å². The molecule has 0 bridgehead atoms. The van der Waals surface area contributed by atoms with Gasteiger partial charge in [-0.05, 0) is 49.4 Å². The van der Waals surface area contributed by atoms with Gasteiger partial charge in [0.15, 0.2) is 0 Å². The van der Waals surface area contributed by atoms with Crippen LogP contribution in [0.25, 0.3) is 10.9 Å². The van der Waals surface area contributed by atoms with Gasteiger partial charge < -0.3 is 4.98 Å². The molecule has 0 amide bonds. The fraction of sp³-hybridized carbons (Fsp3) is 0.125. The molecule has 120 valence electrons. The minimum absolute atomic E-state index is 0.0245. The average molecular weight is 369 g/mol. The Morgan fingerprint density at radius 1 is 1.04 bits per heavy atom. The van der Waals surface area contributed by atoms with Crippen molar-refractivity contribution >= 4 is 49.8 Å². The standard InChI is InChI=1S/C16H14Cl2N2O2S/c1-10-7-11-8-13(4-5-15(11)19-10)20(2)23(21,22)16-6-3-12(17)9-14(16)18/h3-9,19H,1-2H3. The first-order valence-electron chi connectivity index (χ1n) is 6.82. The minimum atomic E-state index is -3.77. The summed E-state index contributed by atoms with van der Waals surface area (Å²) in [7, 11) is -2.27. The first-order chi connectivity index (χ1) is 10.8. The lowest BCUT2D eigenvalue weighted by Crippen LogP contribution is -2.26. The van der Waals surface area contributed by atoms with E-state index in [0.29, 0.717) is 10.7 Å². The van der Waals surface area contributed by atoms with Gasteiger partial charge in [-0.25, -0.2) is 8.42 Å². The summed E-state index contributed by atoms with van der Waals surface area (Å²) >= 11 is 11.9. The second-order valence-corrected chi connectivity index (χ2v) is 8.05. The van der Waals surface area contributed by atoms with Crippen LogP contribution >= 0.6 is 23.2 Å². The van der Waals surface area contributed by atoms with Crippen LogP contribution in [0.1, 0.15) is 5.69 Å². The number of aryl methyl sites for hydroxylation is 1. The molecule has 4 nitrogen and oxygen atoms in total. The molecule has 0 saturated carbocycles. The van der Waals surface area contributed by atoms with Crippen LogP contribution in [0.2, 0.25) is 10.0 Å². The number of anilines is 1. The second kappa shape index (κ2) is 5.74. The van der Waals surface area contributed by atoms with Crippen LogP contribution < -0.4 is 4.31 Å². The molecule has 0 aliphatic carbocycles. The monoisotopic (exact) mass is 368 g/mol. The lowest BCUT2D eigenvalue weighted by molar-refractivity contribution is 0.594. The maximum atomic E-state index is 12.8. The van der Waals surface area contributed by atoms with Gasteiger partial charge in [0.05, 0.1) is 10.7 Å². The number of aromatic amines is 1. The Morgan fingerprint density at radius 3 is 2.48 bits per heavy atom. The van der Waals surface area contributed by atoms with Crippen molar-refractivity contribution in [1.29, 1.82) is 0 Å². The third-order valence-electron chi connectivity index (χ3n) is 3.63. The predicted octanol–water partition coefficient (Wildman–Crippen LogP) is 4.61. The van der Waals surface area contributed by atoms with Crippen molar-refractivity contribution in [1.82, 2.24) is 4.98 Å². The highest BCUT2D eigenvalue weighted by Gasteiger charge is 2.24. The number of H-pyrrole nitrogens is 1. The number of rotatable bonds is 3. The highest BCUT2D eigenvalue weighted by molar-refractivity contribution is 7.93. The molecule has 0 unspecified atom stereocenters. The predicted molar refractivity (Wildman–Crippen MR) is 95.1 cm³/mol. The van der Waals surface area contributed by atoms with Gasteiger partial charge in [-0.2, -0.15) is 0 Å². The van der Waals surface area contributed by atoms with E-state index in [2.05, 4.69) is 4.98 Å². The smallest absolute Gasteiger partial charge is 0.265 e. The average Bonchev–Trinajstić information content (AvgIpc) is 2.85. The highest BCUT2D eigenvalue weighted by Crippen LogP contribution is 2.31. The molecule has 23 heavy (non-hydrogen) atoms. The van der Waals surface area contributed by atoms with Gasteiger partial charge in [-0.15, -0.1) is 0 Å². The van der Waals surface area contributed by atoms with E-state index < -0.39 is 10.0 Å². The van der Waals surface area contributed by atoms with Crippen molar-refractivity contribution < 1.29 is 8.42 Å². The van der Waals surface area contributed by atoms with E-state index in [4.69, 9.17) is 23.2 Å². The minimum Gasteiger partial charge on any atom is -0.359 e. The number of nitrogens with zero attached hydrogens (tertiary/aromatic N) is 1. The number of sulfonamides is 1. The Labute approximate surface area is 144 Å². The molecule has 0 aliphatic rings. The molecule has 1 heterocycles. The first kappa shape index (κ1) is 16.2. The Kier molecular flexibility index (Phi) is 4.04. The van der Waals surface area contributed by atoms with E-state index in [-0.39, 0.29) is 9.92 Å². The molecule has 0 spiro atoms. The summed E-state index contributed by atoms with van der Waals surface area (Å²) in [4.78, 5) is 3.23. The maximum absolute atomic E-state index is 12.8. The number of nitrogens with one attached hydrogen (secondary N) is 1. The van der Waals surface area contributed by atoms with Gasteiger partial charge in [0.2, 0.25) is 0 Å². The summed E-state index contributed by atoms with van der Waals surface area (Å²) in [6, 6.07) is 11.7. The van der Waals surface area contributed by atoms with E-state index in [1.165, 1.54) is 29.6 Å². The largest absolute Gasteiger partial charge is 0.359 e. The molecular formula is C16H14Cl2N2O2S. The highest BCUT2D eigenvalue weighted by atomic mass is 35.5. The summed E-state index contributed by atoms with van der Waals surface area (Å²) in [6.45, 7) is 1.95. The van der Waals surface area contributed by atoms with Gasteiger partial charge in [0.25, 0.3) is 10.0 Å². The summed E-state index contributed by atoms with van der Waals surface area (Å²) in [5.41, 5.74) is 2.53. The number of halogens is 2. The molecule has 0 atom stereocenters. The Bertz CT molecular complexity index is 996. The van der Waals surface area contributed by atoms with E-state index in [9.17, 15) is 8.42 Å². The SMILES string of the molecule is Cc1cc2cc(N(C)S(=O)(=O)c3ccc(Cl)cc3Cl)ccc2[nH]1. The fourth-order valence-corrected chi connectivity index (χ4v) is 4.36. The molecule has 2 aromatic carbocycles. The van der Waals surface area contributed by atoms with Crippen LogP contribution in [0, 0.1) is 6.92 Å². The molecule has 1 aromatic heterocycles. The second-order valence-electron chi connectivity index (χ2n) is 5.27. The van der Waals surface area contributed by atoms with Crippen LogP contribution in [0.5, 0.6) is 0 Å². The van der Waals surface area contributed by atoms with Gasteiger partial charge in [0, 0.05) is 28.7 Å². The first-order valence-corrected chi connectivity index (χ1v) is 9.02. The van der Waals surface area contributed by atoms with Gasteiger partial charge in [-0.3, -0.25) is 4.31 Å². The van der Waals surface area contributed by atoms with Crippen LogP contribution in [0.3, 0.4) is 0 Å². The zero-order valence-corrected chi connectivity index (χ0v) is 14.8. The summed E-state index contributed by atoms with van der Waals surface area (Å²) in [6.07, 6.45) is 0. The number of aromatic nitrogens is 1. The van der Waals surface area contributed by atoms with E-state index in [1.807, 2.05) is 25.1 Å². The van der Waals surface area contributed by atoms with Crippen LogP contribution in [0.4, 0.5) is 5.69 Å². The summed E-state index contributed by atoms with van der Waals surface area (Å²) in [5.74, 6) is 0. The Balaban J connectivity index is 2.07. The zero-order chi connectivity index (χ0) is 16.8. The molecule has 0 aliphatic heterocycles. The third kappa shape index (κ3) is 2.92. The van der Waals surface area contributed by atoms with E-state index in [0.717, 1.165) is 16.6 Å². The Hall–Kier alpha value is -1.69. The molecule has 0 saturated heterocycles. The van der Waals surface area contributed by atoms with E-state index >= 15 is 0 Å². The lowest BCUT2D eigenvalue weighted by atomic mass is 10.2. The molecule has 7 heteroatoms. The Morgan fingerprint density at radius 2 is 1.78 bits per heavy atom. The number of hydrogen-bond donors (Lipinski definition) is 1. The molecule has 1 N–H and O–H groups in total. The molecular weight excluding hydrogens is 355 g/mol. The maximum Gasteiger partial charge on any atom is 0.265 e. The number of fused-ring (bicyclic) bond motifs is 1. The third-order valence-corrected chi connectivity index (χ3v) is 6.14. The topological polar surface area (TPSA) is 53.2 Å². The zero-order valence-electron chi connectivity index (χ0n) is 12.5. The molecule has 0 radical (unpaired) electrons. The number of benzene rings is 2. The quantitative estimate of drug-likeness (QED) is 0.733. The van der Waals surface area contributed by atoms with Crippen molar-refractivity contribution in [2.75, 3.05) is 11.4 Å². The van der Waals surface area contributed by atoms with Crippen molar-refractivity contribution in [3.8, 4) is 0 Å². The van der Waals surface area contributed by atoms with Gasteiger partial charge in [-0.1, -0.05) is 23.2 Å².